The summed E-state index contributed by atoms with van der Waals surface area (Å²) in [5.41, 5.74) is 3.92. The van der Waals surface area contributed by atoms with Gasteiger partial charge in [0.05, 0.1) is 40.4 Å². The number of aliphatic carboxylic acids is 1. The molecule has 2 N–H and O–H groups in total. The van der Waals surface area contributed by atoms with Gasteiger partial charge in [0.15, 0.2) is 0 Å². The standard InChI is InChI=1S/C25H24N6O5/c1-29(14-15-32)20-8-6-19(7-9-20)28-27-18-4-2-17(3-5-18)25-26-22-11-10-21(31(35)36)16-23(22)30(25)13-12-24(33)34/h2-11,16,32H,12-15H2,1H3,(H,33,34). The smallest absolute Gasteiger partial charge is 0.305 e. The first-order valence-electron chi connectivity index (χ1n) is 11.2. The van der Waals surface area contributed by atoms with Crippen LogP contribution in [0.15, 0.2) is 77.0 Å². The van der Waals surface area contributed by atoms with E-state index >= 15 is 0 Å². The lowest BCUT2D eigenvalue weighted by atomic mass is 10.2. The number of carboxylic acid groups (broad SMARTS) is 1. The van der Waals surface area contributed by atoms with Crippen LogP contribution in [0.5, 0.6) is 0 Å². The van der Waals surface area contributed by atoms with Gasteiger partial charge in [-0.15, -0.1) is 0 Å². The van der Waals surface area contributed by atoms with E-state index in [1.165, 1.54) is 12.1 Å². The predicted molar refractivity (Wildman–Crippen MR) is 135 cm³/mol. The number of nitro groups is 1. The lowest BCUT2D eigenvalue weighted by Gasteiger charge is -2.17. The molecule has 4 rings (SSSR count). The molecule has 36 heavy (non-hydrogen) atoms. The zero-order valence-corrected chi connectivity index (χ0v) is 19.5. The van der Waals surface area contributed by atoms with Crippen LogP contribution < -0.4 is 4.90 Å². The van der Waals surface area contributed by atoms with Crippen molar-refractivity contribution in [2.75, 3.05) is 25.1 Å². The molecule has 0 fully saturated rings. The summed E-state index contributed by atoms with van der Waals surface area (Å²) in [6.45, 7) is 0.727. The van der Waals surface area contributed by atoms with Crippen LogP contribution >= 0.6 is 0 Å². The number of aryl methyl sites for hydroxylation is 1. The maximum Gasteiger partial charge on any atom is 0.305 e. The molecule has 11 nitrogen and oxygen atoms in total. The number of azo groups is 1. The number of carboxylic acids is 1. The summed E-state index contributed by atoms with van der Waals surface area (Å²) in [6, 6.07) is 19.0. The zero-order chi connectivity index (χ0) is 25.7. The molecule has 0 atom stereocenters. The maximum absolute atomic E-state index is 11.2. The van der Waals surface area contributed by atoms with Gasteiger partial charge in [-0.3, -0.25) is 14.9 Å². The van der Waals surface area contributed by atoms with Gasteiger partial charge < -0.3 is 19.7 Å². The molecule has 11 heteroatoms. The normalized spacial score (nSPS) is 11.3. The molecular formula is C25H24N6O5. The molecular weight excluding hydrogens is 464 g/mol. The number of carbonyl (C=O) groups is 1. The number of anilines is 1. The van der Waals surface area contributed by atoms with Crippen molar-refractivity contribution in [2.45, 2.75) is 13.0 Å². The van der Waals surface area contributed by atoms with Gasteiger partial charge in [-0.25, -0.2) is 4.98 Å². The molecule has 4 aromatic rings. The topological polar surface area (TPSA) is 146 Å². The number of hydrogen-bond donors (Lipinski definition) is 2. The minimum Gasteiger partial charge on any atom is -0.481 e. The van der Waals surface area contributed by atoms with Crippen molar-refractivity contribution in [1.82, 2.24) is 9.55 Å². The third kappa shape index (κ3) is 5.53. The number of benzene rings is 3. The molecule has 184 valence electrons. The minimum atomic E-state index is -0.975. The van der Waals surface area contributed by atoms with E-state index in [4.69, 9.17) is 10.2 Å². The molecule has 0 bridgehead atoms. The van der Waals surface area contributed by atoms with Crippen LogP contribution in [-0.2, 0) is 11.3 Å². The highest BCUT2D eigenvalue weighted by Gasteiger charge is 2.17. The van der Waals surface area contributed by atoms with Crippen LogP contribution in [0.3, 0.4) is 0 Å². The van der Waals surface area contributed by atoms with Crippen LogP contribution in [0, 0.1) is 10.1 Å². The number of nitro benzene ring substituents is 1. The second kappa shape index (κ2) is 10.7. The largest absolute Gasteiger partial charge is 0.481 e. The molecule has 0 radical (unpaired) electrons. The van der Waals surface area contributed by atoms with E-state index in [0.717, 1.165) is 11.3 Å². The third-order valence-corrected chi connectivity index (χ3v) is 5.62. The monoisotopic (exact) mass is 488 g/mol. The van der Waals surface area contributed by atoms with Crippen molar-refractivity contribution in [3.63, 3.8) is 0 Å². The van der Waals surface area contributed by atoms with Gasteiger partial charge in [0.2, 0.25) is 0 Å². The molecule has 0 spiro atoms. The number of aromatic nitrogens is 2. The second-order valence-corrected chi connectivity index (χ2v) is 8.07. The number of imidazole rings is 1. The third-order valence-electron chi connectivity index (χ3n) is 5.62. The molecule has 0 saturated carbocycles. The predicted octanol–water partition coefficient (Wildman–Crippen LogP) is 4.93. The first-order valence-corrected chi connectivity index (χ1v) is 11.2. The van der Waals surface area contributed by atoms with Crippen molar-refractivity contribution in [3.8, 4) is 11.4 Å². The van der Waals surface area contributed by atoms with E-state index in [-0.39, 0.29) is 25.3 Å². The number of aliphatic hydroxyl groups is 1. The Morgan fingerprint density at radius 1 is 1.06 bits per heavy atom. The van der Waals surface area contributed by atoms with Crippen LogP contribution in [0.4, 0.5) is 22.7 Å². The van der Waals surface area contributed by atoms with Crippen LogP contribution in [0.1, 0.15) is 6.42 Å². The Balaban J connectivity index is 1.58. The van der Waals surface area contributed by atoms with E-state index in [1.54, 1.807) is 34.9 Å². The Morgan fingerprint density at radius 2 is 1.69 bits per heavy atom. The summed E-state index contributed by atoms with van der Waals surface area (Å²) in [7, 11) is 1.89. The van der Waals surface area contributed by atoms with Gasteiger partial charge in [0.25, 0.3) is 5.69 Å². The van der Waals surface area contributed by atoms with Crippen molar-refractivity contribution in [1.29, 1.82) is 0 Å². The second-order valence-electron chi connectivity index (χ2n) is 8.07. The molecule has 0 aliphatic heterocycles. The van der Waals surface area contributed by atoms with E-state index in [2.05, 4.69) is 15.2 Å². The summed E-state index contributed by atoms with van der Waals surface area (Å²) < 4.78 is 1.68. The fraction of sp³-hybridized carbons (Fsp3) is 0.200. The van der Waals surface area contributed by atoms with Crippen LogP contribution in [-0.4, -0.2) is 50.9 Å². The Labute approximate surface area is 206 Å². The Hall–Kier alpha value is -4.64. The average molecular weight is 489 g/mol. The minimum absolute atomic E-state index is 0.0731. The van der Waals surface area contributed by atoms with Gasteiger partial charge in [-0.05, 0) is 54.6 Å². The molecule has 0 aliphatic carbocycles. The molecule has 3 aromatic carbocycles. The van der Waals surface area contributed by atoms with Gasteiger partial charge >= 0.3 is 5.97 Å². The van der Waals surface area contributed by atoms with E-state index < -0.39 is 10.9 Å². The molecule has 0 aliphatic rings. The van der Waals surface area contributed by atoms with Gasteiger partial charge in [0, 0.05) is 43.5 Å². The van der Waals surface area contributed by atoms with Gasteiger partial charge in [0.1, 0.15) is 5.82 Å². The van der Waals surface area contributed by atoms with E-state index in [1.807, 2.05) is 36.2 Å². The Morgan fingerprint density at radius 3 is 2.28 bits per heavy atom. The summed E-state index contributed by atoms with van der Waals surface area (Å²) in [6.07, 6.45) is -0.151. The number of non-ortho nitro benzene ring substituents is 1. The Kier molecular flexibility index (Phi) is 7.31. The molecule has 1 heterocycles. The fourth-order valence-corrected chi connectivity index (χ4v) is 3.72. The highest BCUT2D eigenvalue weighted by molar-refractivity contribution is 5.83. The maximum atomic E-state index is 11.2. The highest BCUT2D eigenvalue weighted by atomic mass is 16.6. The van der Waals surface area contributed by atoms with Crippen LogP contribution in [0.2, 0.25) is 0 Å². The number of nitrogens with zero attached hydrogens (tertiary/aromatic N) is 6. The summed E-state index contributed by atoms with van der Waals surface area (Å²) in [4.78, 5) is 28.4. The van der Waals surface area contributed by atoms with Crippen LogP contribution in [0.25, 0.3) is 22.4 Å². The number of fused-ring (bicyclic) bond motifs is 1. The van der Waals surface area contributed by atoms with Crippen molar-refractivity contribution < 1.29 is 19.9 Å². The number of likely N-dealkylation sites (N-methyl/N-ethyl adjacent to an activating group) is 1. The van der Waals surface area contributed by atoms with Crippen molar-refractivity contribution in [3.05, 3.63) is 76.8 Å². The Bertz CT molecular complexity index is 1410. The summed E-state index contributed by atoms with van der Waals surface area (Å²) in [5.74, 6) is -0.463. The number of aliphatic hydroxyl groups excluding tert-OH is 1. The average Bonchev–Trinajstić information content (AvgIpc) is 3.24. The summed E-state index contributed by atoms with van der Waals surface area (Å²) in [5, 5.41) is 38.0. The highest BCUT2D eigenvalue weighted by Crippen LogP contribution is 2.30. The SMILES string of the molecule is CN(CCO)c1ccc(N=Nc2ccc(-c3nc4ccc([N+](=O)[O-])cc4n3CCC(=O)O)cc2)cc1. The van der Waals surface area contributed by atoms with E-state index in [0.29, 0.717) is 34.8 Å². The van der Waals surface area contributed by atoms with Gasteiger partial charge in [-0.2, -0.15) is 10.2 Å². The first kappa shape index (κ1) is 24.5. The molecule has 1 aromatic heterocycles. The summed E-state index contributed by atoms with van der Waals surface area (Å²) >= 11 is 0. The fourth-order valence-electron chi connectivity index (χ4n) is 3.72. The van der Waals surface area contributed by atoms with Crippen molar-refractivity contribution in [2.24, 2.45) is 10.2 Å². The number of hydrogen-bond acceptors (Lipinski definition) is 8. The molecule has 0 unspecified atom stereocenters. The lowest BCUT2D eigenvalue weighted by molar-refractivity contribution is -0.384. The van der Waals surface area contributed by atoms with Crippen molar-refractivity contribution >= 4 is 39.8 Å². The quantitative estimate of drug-likeness (QED) is 0.183. The van der Waals surface area contributed by atoms with E-state index in [9.17, 15) is 14.9 Å². The number of rotatable bonds is 10. The molecule has 0 saturated heterocycles. The zero-order valence-electron chi connectivity index (χ0n) is 19.5. The van der Waals surface area contributed by atoms with Gasteiger partial charge in [-0.1, -0.05) is 0 Å². The first-order chi connectivity index (χ1) is 17.4. The lowest BCUT2D eigenvalue weighted by Crippen LogP contribution is -2.20. The molecule has 0 amide bonds.